The first-order valence-electron chi connectivity index (χ1n) is 6.77. The molecule has 0 aliphatic rings. The van der Waals surface area contributed by atoms with Crippen LogP contribution in [0.1, 0.15) is 21.5 Å². The third-order valence-electron chi connectivity index (χ3n) is 3.21. The highest BCUT2D eigenvalue weighted by Crippen LogP contribution is 2.18. The van der Waals surface area contributed by atoms with E-state index < -0.39 is 0 Å². The Bertz CT molecular complexity index is 590. The maximum absolute atomic E-state index is 12.6. The molecule has 3 heteroatoms. The van der Waals surface area contributed by atoms with Crippen molar-refractivity contribution < 1.29 is 4.79 Å². The van der Waals surface area contributed by atoms with Gasteiger partial charge in [-0.15, -0.1) is 0 Å². The molecule has 0 aliphatic carbocycles. The van der Waals surface area contributed by atoms with Gasteiger partial charge >= 0.3 is 0 Å². The minimum absolute atomic E-state index is 0.0129. The number of hydrogen-bond donors (Lipinski definition) is 1. The maximum atomic E-state index is 12.6. The van der Waals surface area contributed by atoms with E-state index in [9.17, 15) is 4.79 Å². The minimum Gasteiger partial charge on any atom is -0.329 e. The summed E-state index contributed by atoms with van der Waals surface area (Å²) in [6.07, 6.45) is 0. The molecule has 0 bridgehead atoms. The Morgan fingerprint density at radius 3 is 2.35 bits per heavy atom. The lowest BCUT2D eigenvalue weighted by Crippen LogP contribution is -2.35. The van der Waals surface area contributed by atoms with Crippen molar-refractivity contribution in [2.75, 3.05) is 18.0 Å². The molecule has 0 saturated heterocycles. The summed E-state index contributed by atoms with van der Waals surface area (Å²) in [4.78, 5) is 14.4. The Hall–Kier alpha value is -2.13. The molecular weight excluding hydrogens is 248 g/mol. The molecule has 0 fully saturated rings. The fraction of sp³-hybridized carbons (Fsp3) is 0.235. The van der Waals surface area contributed by atoms with Crippen LogP contribution in [0.5, 0.6) is 0 Å². The first kappa shape index (κ1) is 14.3. The fourth-order valence-electron chi connectivity index (χ4n) is 2.12. The first-order valence-corrected chi connectivity index (χ1v) is 6.77. The SMILES string of the molecule is Cc1ccc(C(=O)N(CCN)c2cccc(C)c2)cc1. The van der Waals surface area contributed by atoms with Gasteiger partial charge in [0.25, 0.3) is 5.91 Å². The lowest BCUT2D eigenvalue weighted by atomic mass is 10.1. The Balaban J connectivity index is 2.33. The molecule has 0 unspecified atom stereocenters. The van der Waals surface area contributed by atoms with Crippen LogP contribution in [0.3, 0.4) is 0 Å². The van der Waals surface area contributed by atoms with Crippen molar-refractivity contribution in [3.05, 3.63) is 65.2 Å². The number of amides is 1. The van der Waals surface area contributed by atoms with E-state index in [4.69, 9.17) is 5.73 Å². The second kappa shape index (κ2) is 6.35. The number of nitrogens with two attached hydrogens (primary N) is 1. The highest BCUT2D eigenvalue weighted by Gasteiger charge is 2.16. The van der Waals surface area contributed by atoms with E-state index in [0.717, 1.165) is 16.8 Å². The average molecular weight is 268 g/mol. The van der Waals surface area contributed by atoms with Crippen molar-refractivity contribution in [3.8, 4) is 0 Å². The lowest BCUT2D eigenvalue weighted by Gasteiger charge is -2.22. The second-order valence-corrected chi connectivity index (χ2v) is 4.95. The zero-order valence-corrected chi connectivity index (χ0v) is 12.0. The molecule has 0 atom stereocenters. The lowest BCUT2D eigenvalue weighted by molar-refractivity contribution is 0.0987. The molecule has 1 amide bonds. The smallest absolute Gasteiger partial charge is 0.258 e. The van der Waals surface area contributed by atoms with Gasteiger partial charge in [-0.2, -0.15) is 0 Å². The van der Waals surface area contributed by atoms with E-state index in [1.165, 1.54) is 0 Å². The summed E-state index contributed by atoms with van der Waals surface area (Å²) < 4.78 is 0. The van der Waals surface area contributed by atoms with Gasteiger partial charge < -0.3 is 10.6 Å². The van der Waals surface area contributed by atoms with Crippen LogP contribution in [-0.4, -0.2) is 19.0 Å². The number of carbonyl (C=O) groups excluding carboxylic acids is 1. The molecule has 0 radical (unpaired) electrons. The predicted molar refractivity (Wildman–Crippen MR) is 83.1 cm³/mol. The first-order chi connectivity index (χ1) is 9.61. The molecule has 20 heavy (non-hydrogen) atoms. The minimum atomic E-state index is -0.0129. The van der Waals surface area contributed by atoms with Crippen LogP contribution in [0.25, 0.3) is 0 Å². The number of benzene rings is 2. The van der Waals surface area contributed by atoms with Crippen molar-refractivity contribution in [1.29, 1.82) is 0 Å². The average Bonchev–Trinajstić information content (AvgIpc) is 2.45. The van der Waals surface area contributed by atoms with Gasteiger partial charge in [-0.25, -0.2) is 0 Å². The molecule has 0 spiro atoms. The van der Waals surface area contributed by atoms with Crippen LogP contribution in [-0.2, 0) is 0 Å². The Labute approximate surface area is 120 Å². The number of aryl methyl sites for hydroxylation is 2. The van der Waals surface area contributed by atoms with Crippen molar-refractivity contribution >= 4 is 11.6 Å². The number of anilines is 1. The van der Waals surface area contributed by atoms with Crippen LogP contribution in [0.4, 0.5) is 5.69 Å². The number of carbonyl (C=O) groups is 1. The topological polar surface area (TPSA) is 46.3 Å². The number of rotatable bonds is 4. The van der Waals surface area contributed by atoms with Gasteiger partial charge in [0.15, 0.2) is 0 Å². The van der Waals surface area contributed by atoms with E-state index in [0.29, 0.717) is 18.7 Å². The molecule has 0 heterocycles. The van der Waals surface area contributed by atoms with Crippen LogP contribution in [0, 0.1) is 13.8 Å². The largest absolute Gasteiger partial charge is 0.329 e. The van der Waals surface area contributed by atoms with Crippen LogP contribution < -0.4 is 10.6 Å². The van der Waals surface area contributed by atoms with Crippen LogP contribution >= 0.6 is 0 Å². The van der Waals surface area contributed by atoms with E-state index in [2.05, 4.69) is 0 Å². The van der Waals surface area contributed by atoms with E-state index >= 15 is 0 Å². The van der Waals surface area contributed by atoms with Gasteiger partial charge in [0, 0.05) is 24.3 Å². The molecular formula is C17H20N2O. The molecule has 2 N–H and O–H groups in total. The van der Waals surface area contributed by atoms with E-state index in [1.807, 2.05) is 62.4 Å². The Morgan fingerprint density at radius 2 is 1.75 bits per heavy atom. The van der Waals surface area contributed by atoms with Gasteiger partial charge in [-0.05, 0) is 43.7 Å². The fourth-order valence-corrected chi connectivity index (χ4v) is 2.12. The van der Waals surface area contributed by atoms with Crippen molar-refractivity contribution in [2.24, 2.45) is 5.73 Å². The molecule has 104 valence electrons. The summed E-state index contributed by atoms with van der Waals surface area (Å²) in [6.45, 7) is 4.97. The van der Waals surface area contributed by atoms with E-state index in [1.54, 1.807) is 4.90 Å². The van der Waals surface area contributed by atoms with Crippen LogP contribution in [0.15, 0.2) is 48.5 Å². The Kier molecular flexibility index (Phi) is 4.53. The summed E-state index contributed by atoms with van der Waals surface area (Å²) in [5.74, 6) is -0.0129. The predicted octanol–water partition coefficient (Wildman–Crippen LogP) is 2.91. The zero-order valence-electron chi connectivity index (χ0n) is 12.0. The summed E-state index contributed by atoms with van der Waals surface area (Å²) >= 11 is 0. The second-order valence-electron chi connectivity index (χ2n) is 4.95. The summed E-state index contributed by atoms with van der Waals surface area (Å²) in [7, 11) is 0. The van der Waals surface area contributed by atoms with Crippen molar-refractivity contribution in [3.63, 3.8) is 0 Å². The maximum Gasteiger partial charge on any atom is 0.258 e. The molecule has 2 aromatic carbocycles. The quantitative estimate of drug-likeness (QED) is 0.926. The number of nitrogens with zero attached hydrogens (tertiary/aromatic N) is 1. The normalized spacial score (nSPS) is 10.3. The van der Waals surface area contributed by atoms with Gasteiger partial charge in [0.05, 0.1) is 0 Å². The summed E-state index contributed by atoms with van der Waals surface area (Å²) in [5, 5.41) is 0. The molecule has 0 aromatic heterocycles. The van der Waals surface area contributed by atoms with Crippen molar-refractivity contribution in [1.82, 2.24) is 0 Å². The molecule has 0 saturated carbocycles. The standard InChI is InChI=1S/C17H20N2O/c1-13-6-8-15(9-7-13)17(20)19(11-10-18)16-5-3-4-14(2)12-16/h3-9,12H,10-11,18H2,1-2H3. The van der Waals surface area contributed by atoms with Gasteiger partial charge in [-0.3, -0.25) is 4.79 Å². The monoisotopic (exact) mass is 268 g/mol. The molecule has 3 nitrogen and oxygen atoms in total. The summed E-state index contributed by atoms with van der Waals surface area (Å²) in [5.41, 5.74) is 9.49. The van der Waals surface area contributed by atoms with Crippen LogP contribution in [0.2, 0.25) is 0 Å². The molecule has 0 aliphatic heterocycles. The van der Waals surface area contributed by atoms with E-state index in [-0.39, 0.29) is 5.91 Å². The zero-order chi connectivity index (χ0) is 14.5. The van der Waals surface area contributed by atoms with Crippen molar-refractivity contribution in [2.45, 2.75) is 13.8 Å². The molecule has 2 rings (SSSR count). The Morgan fingerprint density at radius 1 is 1.05 bits per heavy atom. The third kappa shape index (κ3) is 3.25. The van der Waals surface area contributed by atoms with Gasteiger partial charge in [0.1, 0.15) is 0 Å². The summed E-state index contributed by atoms with van der Waals surface area (Å²) in [6, 6.07) is 15.5. The van der Waals surface area contributed by atoms with Gasteiger partial charge in [0.2, 0.25) is 0 Å². The molecule has 2 aromatic rings. The number of hydrogen-bond acceptors (Lipinski definition) is 2. The third-order valence-corrected chi connectivity index (χ3v) is 3.21. The highest BCUT2D eigenvalue weighted by molar-refractivity contribution is 6.06. The highest BCUT2D eigenvalue weighted by atomic mass is 16.2. The van der Waals surface area contributed by atoms with Gasteiger partial charge in [-0.1, -0.05) is 29.8 Å².